The zero-order valence-corrected chi connectivity index (χ0v) is 19.3. The second-order valence-electron chi connectivity index (χ2n) is 5.66. The molecule has 1 aromatic carbocycles. The topological polar surface area (TPSA) is 71.7 Å². The van der Waals surface area contributed by atoms with Crippen LogP contribution in [0.25, 0.3) is 0 Å². The van der Waals surface area contributed by atoms with Crippen LogP contribution in [0.2, 0.25) is 10.0 Å². The van der Waals surface area contributed by atoms with Crippen molar-refractivity contribution in [2.75, 3.05) is 13.6 Å². The molecule has 0 saturated carbocycles. The molecule has 0 aliphatic heterocycles. The smallest absolute Gasteiger partial charge is 0.387 e. The number of halogens is 5. The molecular weight excluding hydrogens is 528 g/mol. The Morgan fingerprint density at radius 2 is 2.00 bits per heavy atom. The second-order valence-corrected chi connectivity index (χ2v) is 6.50. The molecule has 11 heteroatoms. The van der Waals surface area contributed by atoms with Gasteiger partial charge in [-0.1, -0.05) is 28.4 Å². The van der Waals surface area contributed by atoms with Crippen LogP contribution in [0.5, 0.6) is 5.75 Å². The lowest BCUT2D eigenvalue weighted by Gasteiger charge is -2.16. The van der Waals surface area contributed by atoms with Gasteiger partial charge in [0.2, 0.25) is 0 Å². The SMILES string of the molecule is CN=C(NCCc1c(C)noc1C)NCc1cc(Cl)cc(Cl)c1OC(F)F.I. The maximum Gasteiger partial charge on any atom is 0.387 e. The molecule has 1 heterocycles. The minimum Gasteiger partial charge on any atom is -0.433 e. The van der Waals surface area contributed by atoms with E-state index < -0.39 is 6.61 Å². The van der Waals surface area contributed by atoms with Crippen molar-refractivity contribution in [3.63, 3.8) is 0 Å². The van der Waals surface area contributed by atoms with Crippen LogP contribution in [0, 0.1) is 13.8 Å². The van der Waals surface area contributed by atoms with Crippen molar-refractivity contribution >= 4 is 53.1 Å². The zero-order chi connectivity index (χ0) is 20.0. The van der Waals surface area contributed by atoms with Crippen LogP contribution in [0.4, 0.5) is 8.78 Å². The molecule has 0 aliphatic carbocycles. The van der Waals surface area contributed by atoms with E-state index in [1.165, 1.54) is 12.1 Å². The van der Waals surface area contributed by atoms with E-state index in [1.807, 2.05) is 13.8 Å². The number of hydrogen-bond donors (Lipinski definition) is 2. The summed E-state index contributed by atoms with van der Waals surface area (Å²) in [5.74, 6) is 1.15. The first-order valence-electron chi connectivity index (χ1n) is 8.10. The van der Waals surface area contributed by atoms with Crippen LogP contribution in [0.15, 0.2) is 21.6 Å². The first-order valence-corrected chi connectivity index (χ1v) is 8.86. The van der Waals surface area contributed by atoms with Gasteiger partial charge in [0.05, 0.1) is 10.7 Å². The predicted molar refractivity (Wildman–Crippen MR) is 116 cm³/mol. The third kappa shape index (κ3) is 6.93. The number of hydrogen-bond acceptors (Lipinski definition) is 4. The van der Waals surface area contributed by atoms with Crippen LogP contribution < -0.4 is 15.4 Å². The maximum absolute atomic E-state index is 12.6. The molecule has 156 valence electrons. The van der Waals surface area contributed by atoms with Gasteiger partial charge in [-0.25, -0.2) is 0 Å². The lowest BCUT2D eigenvalue weighted by molar-refractivity contribution is -0.0504. The van der Waals surface area contributed by atoms with Crippen molar-refractivity contribution in [1.82, 2.24) is 15.8 Å². The highest BCUT2D eigenvalue weighted by atomic mass is 127. The number of benzene rings is 1. The molecule has 6 nitrogen and oxygen atoms in total. The van der Waals surface area contributed by atoms with Crippen molar-refractivity contribution in [3.8, 4) is 5.75 Å². The average molecular weight is 549 g/mol. The Bertz CT molecular complexity index is 799. The number of nitrogens with zero attached hydrogens (tertiary/aromatic N) is 2. The first kappa shape index (κ1) is 24.7. The summed E-state index contributed by atoms with van der Waals surface area (Å²) in [6, 6.07) is 2.86. The summed E-state index contributed by atoms with van der Waals surface area (Å²) in [6.45, 7) is 1.48. The van der Waals surface area contributed by atoms with Crippen molar-refractivity contribution < 1.29 is 18.0 Å². The van der Waals surface area contributed by atoms with Crippen molar-refractivity contribution in [2.24, 2.45) is 4.99 Å². The fraction of sp³-hybridized carbons (Fsp3) is 0.412. The summed E-state index contributed by atoms with van der Waals surface area (Å²) in [5.41, 5.74) is 2.27. The van der Waals surface area contributed by atoms with Gasteiger partial charge in [-0.05, 0) is 32.4 Å². The van der Waals surface area contributed by atoms with Crippen molar-refractivity contribution in [1.29, 1.82) is 0 Å². The Morgan fingerprint density at radius 3 is 2.57 bits per heavy atom. The van der Waals surface area contributed by atoms with E-state index in [1.54, 1.807) is 7.05 Å². The van der Waals surface area contributed by atoms with E-state index in [2.05, 4.69) is 25.5 Å². The van der Waals surface area contributed by atoms with Crippen LogP contribution in [-0.4, -0.2) is 31.3 Å². The highest BCUT2D eigenvalue weighted by Gasteiger charge is 2.16. The number of aromatic nitrogens is 1. The van der Waals surface area contributed by atoms with Gasteiger partial charge in [-0.2, -0.15) is 8.78 Å². The van der Waals surface area contributed by atoms with Gasteiger partial charge in [0, 0.05) is 36.3 Å². The number of rotatable bonds is 7. The molecule has 0 unspecified atom stereocenters. The Kier molecular flexibility index (Phi) is 10.3. The number of aliphatic imine (C=N–C) groups is 1. The molecule has 0 fully saturated rings. The molecule has 1 aromatic heterocycles. The highest BCUT2D eigenvalue weighted by molar-refractivity contribution is 14.0. The van der Waals surface area contributed by atoms with Gasteiger partial charge in [0.15, 0.2) is 5.96 Å². The molecule has 2 rings (SSSR count). The fourth-order valence-corrected chi connectivity index (χ4v) is 3.11. The number of alkyl halides is 2. The number of ether oxygens (including phenoxy) is 1. The Balaban J connectivity index is 0.00000392. The van der Waals surface area contributed by atoms with Gasteiger partial charge >= 0.3 is 6.61 Å². The third-order valence-corrected chi connectivity index (χ3v) is 4.31. The Hall–Kier alpha value is -1.33. The molecule has 2 aromatic rings. The van der Waals surface area contributed by atoms with Gasteiger partial charge in [-0.15, -0.1) is 24.0 Å². The normalized spacial score (nSPS) is 11.4. The largest absolute Gasteiger partial charge is 0.433 e. The molecule has 0 spiro atoms. The predicted octanol–water partition coefficient (Wildman–Crippen LogP) is 4.73. The lowest BCUT2D eigenvalue weighted by Crippen LogP contribution is -2.38. The van der Waals surface area contributed by atoms with E-state index in [-0.39, 0.29) is 41.3 Å². The molecule has 0 amide bonds. The molecule has 0 bridgehead atoms. The fourth-order valence-electron chi connectivity index (χ4n) is 2.53. The Morgan fingerprint density at radius 1 is 1.29 bits per heavy atom. The summed E-state index contributed by atoms with van der Waals surface area (Å²) in [7, 11) is 1.60. The van der Waals surface area contributed by atoms with Crippen molar-refractivity contribution in [3.05, 3.63) is 44.8 Å². The number of guanidine groups is 1. The molecule has 0 radical (unpaired) electrons. The summed E-state index contributed by atoms with van der Waals surface area (Å²) >= 11 is 11.9. The van der Waals surface area contributed by atoms with E-state index in [4.69, 9.17) is 27.7 Å². The van der Waals surface area contributed by atoms with Crippen LogP contribution >= 0.6 is 47.2 Å². The minimum absolute atomic E-state index is 0. The van der Waals surface area contributed by atoms with E-state index in [9.17, 15) is 8.78 Å². The van der Waals surface area contributed by atoms with Gasteiger partial charge in [-0.3, -0.25) is 4.99 Å². The van der Waals surface area contributed by atoms with E-state index in [0.29, 0.717) is 29.5 Å². The second kappa shape index (κ2) is 11.6. The first-order chi connectivity index (χ1) is 12.8. The average Bonchev–Trinajstić information content (AvgIpc) is 2.92. The van der Waals surface area contributed by atoms with Gasteiger partial charge in [0.25, 0.3) is 0 Å². The minimum atomic E-state index is -2.99. The van der Waals surface area contributed by atoms with Crippen LogP contribution in [0.3, 0.4) is 0 Å². The van der Waals surface area contributed by atoms with Gasteiger partial charge < -0.3 is 19.9 Å². The monoisotopic (exact) mass is 548 g/mol. The summed E-state index contributed by atoms with van der Waals surface area (Å²) in [6.07, 6.45) is 0.699. The van der Waals surface area contributed by atoms with Crippen molar-refractivity contribution in [2.45, 2.75) is 33.4 Å². The highest BCUT2D eigenvalue weighted by Crippen LogP contribution is 2.33. The summed E-state index contributed by atoms with van der Waals surface area (Å²) in [5, 5.41) is 10.4. The summed E-state index contributed by atoms with van der Waals surface area (Å²) < 4.78 is 34.9. The van der Waals surface area contributed by atoms with E-state index >= 15 is 0 Å². The number of aryl methyl sites for hydroxylation is 2. The molecule has 0 atom stereocenters. The molecule has 0 saturated heterocycles. The third-order valence-electron chi connectivity index (χ3n) is 3.81. The zero-order valence-electron chi connectivity index (χ0n) is 15.5. The maximum atomic E-state index is 12.6. The van der Waals surface area contributed by atoms with Gasteiger partial charge in [0.1, 0.15) is 11.5 Å². The van der Waals surface area contributed by atoms with Crippen LogP contribution in [-0.2, 0) is 13.0 Å². The molecular formula is C17H21Cl2F2IN4O2. The number of nitrogens with one attached hydrogen (secondary N) is 2. The quantitative estimate of drug-likeness (QED) is 0.297. The van der Waals surface area contributed by atoms with E-state index in [0.717, 1.165) is 17.0 Å². The molecule has 28 heavy (non-hydrogen) atoms. The standard InChI is InChI=1S/C17H20Cl2F2N4O2.HI/c1-9-13(10(2)27-25-9)4-5-23-17(22-3)24-8-11-6-12(18)7-14(19)15(11)26-16(20)21;/h6-7,16H,4-5,8H2,1-3H3,(H2,22,23,24);1H. The van der Waals surface area contributed by atoms with Crippen LogP contribution in [0.1, 0.15) is 22.6 Å². The summed E-state index contributed by atoms with van der Waals surface area (Å²) in [4.78, 5) is 4.10. The molecule has 0 aliphatic rings. The lowest BCUT2D eigenvalue weighted by atomic mass is 10.1. The Labute approximate surface area is 189 Å². The molecule has 2 N–H and O–H groups in total.